The Morgan fingerprint density at radius 3 is 2.50 bits per heavy atom. The highest BCUT2D eigenvalue weighted by atomic mass is 35.5. The highest BCUT2D eigenvalue weighted by Crippen LogP contribution is 2.21. The Balaban J connectivity index is 2.02. The van der Waals surface area contributed by atoms with Crippen LogP contribution in [0.1, 0.15) is 48.9 Å². The zero-order valence-corrected chi connectivity index (χ0v) is 11.2. The van der Waals surface area contributed by atoms with Crippen LogP contribution in [0.5, 0.6) is 0 Å². The number of benzene rings is 1. The lowest BCUT2D eigenvalue weighted by Crippen LogP contribution is -2.34. The van der Waals surface area contributed by atoms with E-state index in [1.54, 1.807) is 18.2 Å². The molecule has 1 fully saturated rings. The molecular weight excluding hydrogens is 248 g/mol. The summed E-state index contributed by atoms with van der Waals surface area (Å²) < 4.78 is 0. The number of carbonyl (C=O) groups is 1. The third-order valence-corrected chi connectivity index (χ3v) is 3.74. The molecule has 0 saturated heterocycles. The third kappa shape index (κ3) is 3.39. The average molecular weight is 267 g/mol. The van der Waals surface area contributed by atoms with Crippen molar-refractivity contribution in [3.8, 4) is 0 Å². The van der Waals surface area contributed by atoms with E-state index in [1.165, 1.54) is 25.7 Å². The minimum absolute atomic E-state index is 0.0908. The van der Waals surface area contributed by atoms with Crippen molar-refractivity contribution in [2.75, 3.05) is 5.73 Å². The molecule has 1 saturated carbocycles. The molecule has 0 spiro atoms. The first-order valence-corrected chi connectivity index (χ1v) is 6.90. The predicted molar refractivity (Wildman–Crippen MR) is 74.8 cm³/mol. The molecule has 0 heterocycles. The summed E-state index contributed by atoms with van der Waals surface area (Å²) in [6.07, 6.45) is 7.07. The summed E-state index contributed by atoms with van der Waals surface area (Å²) in [4.78, 5) is 12.1. The third-order valence-electron chi connectivity index (χ3n) is 3.43. The van der Waals surface area contributed by atoms with Gasteiger partial charge in [0.05, 0.1) is 10.6 Å². The van der Waals surface area contributed by atoms with Crippen LogP contribution in [0.3, 0.4) is 0 Å². The van der Waals surface area contributed by atoms with Crippen molar-refractivity contribution in [3.63, 3.8) is 0 Å². The van der Waals surface area contributed by atoms with Gasteiger partial charge in [-0.1, -0.05) is 37.3 Å². The zero-order chi connectivity index (χ0) is 13.0. The maximum absolute atomic E-state index is 12.1. The van der Waals surface area contributed by atoms with E-state index in [-0.39, 0.29) is 11.9 Å². The van der Waals surface area contributed by atoms with Crippen LogP contribution in [0, 0.1) is 0 Å². The van der Waals surface area contributed by atoms with Crippen LogP contribution in [0.25, 0.3) is 0 Å². The minimum atomic E-state index is -0.0908. The molecule has 0 unspecified atom stereocenters. The summed E-state index contributed by atoms with van der Waals surface area (Å²) >= 11 is 6.03. The molecule has 0 atom stereocenters. The normalized spacial score (nSPS) is 17.2. The molecule has 0 radical (unpaired) electrons. The fraction of sp³-hybridized carbons (Fsp3) is 0.500. The molecular formula is C14H19ClN2O. The van der Waals surface area contributed by atoms with Crippen LogP contribution in [0.2, 0.25) is 5.02 Å². The van der Waals surface area contributed by atoms with Gasteiger partial charge in [0.15, 0.2) is 0 Å². The van der Waals surface area contributed by atoms with Gasteiger partial charge in [-0.25, -0.2) is 0 Å². The standard InChI is InChI=1S/C14H19ClN2O/c15-13-9-10(16)7-8-12(13)14(18)17-11-5-3-1-2-4-6-11/h7-9,11H,1-6,16H2,(H,17,18). The van der Waals surface area contributed by atoms with E-state index in [9.17, 15) is 4.79 Å². The minimum Gasteiger partial charge on any atom is -0.399 e. The highest BCUT2D eigenvalue weighted by Gasteiger charge is 2.17. The molecule has 0 aliphatic heterocycles. The van der Waals surface area contributed by atoms with E-state index in [0.29, 0.717) is 16.3 Å². The van der Waals surface area contributed by atoms with Crippen molar-refractivity contribution >= 4 is 23.2 Å². The zero-order valence-electron chi connectivity index (χ0n) is 10.4. The van der Waals surface area contributed by atoms with Crippen LogP contribution >= 0.6 is 11.6 Å². The average Bonchev–Trinajstić information content (AvgIpc) is 2.57. The first-order chi connectivity index (χ1) is 8.66. The maximum atomic E-state index is 12.1. The van der Waals surface area contributed by atoms with E-state index >= 15 is 0 Å². The number of halogens is 1. The second-order valence-corrected chi connectivity index (χ2v) is 5.31. The molecule has 3 N–H and O–H groups in total. The van der Waals surface area contributed by atoms with Crippen molar-refractivity contribution in [1.82, 2.24) is 5.32 Å². The Morgan fingerprint density at radius 2 is 1.89 bits per heavy atom. The molecule has 2 rings (SSSR count). The number of anilines is 1. The Bertz CT molecular complexity index is 426. The van der Waals surface area contributed by atoms with Crippen LogP contribution in [0.4, 0.5) is 5.69 Å². The summed E-state index contributed by atoms with van der Waals surface area (Å²) in [7, 11) is 0. The maximum Gasteiger partial charge on any atom is 0.253 e. The van der Waals surface area contributed by atoms with Gasteiger partial charge in [-0.15, -0.1) is 0 Å². The number of nitrogen functional groups attached to an aromatic ring is 1. The van der Waals surface area contributed by atoms with Crippen molar-refractivity contribution in [2.24, 2.45) is 0 Å². The van der Waals surface area contributed by atoms with Gasteiger partial charge < -0.3 is 11.1 Å². The van der Waals surface area contributed by atoms with Gasteiger partial charge in [-0.3, -0.25) is 4.79 Å². The van der Waals surface area contributed by atoms with Crippen molar-refractivity contribution in [1.29, 1.82) is 0 Å². The first kappa shape index (κ1) is 13.2. The quantitative estimate of drug-likeness (QED) is 0.637. The number of hydrogen-bond acceptors (Lipinski definition) is 2. The predicted octanol–water partition coefficient (Wildman–Crippen LogP) is 3.37. The van der Waals surface area contributed by atoms with Gasteiger partial charge in [0.2, 0.25) is 0 Å². The van der Waals surface area contributed by atoms with Gasteiger partial charge >= 0.3 is 0 Å². The molecule has 1 amide bonds. The second-order valence-electron chi connectivity index (χ2n) is 4.90. The molecule has 98 valence electrons. The Labute approximate surface area is 113 Å². The fourth-order valence-corrected chi connectivity index (χ4v) is 2.68. The van der Waals surface area contributed by atoms with Gasteiger partial charge in [0.25, 0.3) is 5.91 Å². The number of nitrogens with one attached hydrogen (secondary N) is 1. The van der Waals surface area contributed by atoms with Crippen molar-refractivity contribution in [2.45, 2.75) is 44.6 Å². The van der Waals surface area contributed by atoms with Gasteiger partial charge in [0.1, 0.15) is 0 Å². The molecule has 0 aromatic heterocycles. The highest BCUT2D eigenvalue weighted by molar-refractivity contribution is 6.34. The lowest BCUT2D eigenvalue weighted by molar-refractivity contribution is 0.0933. The monoisotopic (exact) mass is 266 g/mol. The lowest BCUT2D eigenvalue weighted by atomic mass is 10.1. The molecule has 1 aromatic carbocycles. The largest absolute Gasteiger partial charge is 0.399 e. The van der Waals surface area contributed by atoms with Crippen LogP contribution in [0.15, 0.2) is 18.2 Å². The molecule has 18 heavy (non-hydrogen) atoms. The topological polar surface area (TPSA) is 55.1 Å². The number of amides is 1. The summed E-state index contributed by atoms with van der Waals surface area (Å²) in [5, 5.41) is 3.49. The molecule has 1 aromatic rings. The summed E-state index contributed by atoms with van der Waals surface area (Å²) in [6.45, 7) is 0. The Hall–Kier alpha value is -1.22. The van der Waals surface area contributed by atoms with E-state index in [1.807, 2.05) is 0 Å². The van der Waals surface area contributed by atoms with Crippen LogP contribution in [-0.4, -0.2) is 11.9 Å². The smallest absolute Gasteiger partial charge is 0.253 e. The molecule has 1 aliphatic carbocycles. The summed E-state index contributed by atoms with van der Waals surface area (Å²) in [5.74, 6) is -0.0908. The number of hydrogen-bond donors (Lipinski definition) is 2. The van der Waals surface area contributed by atoms with E-state index in [0.717, 1.165) is 12.8 Å². The lowest BCUT2D eigenvalue weighted by Gasteiger charge is -2.16. The second kappa shape index (κ2) is 6.10. The Morgan fingerprint density at radius 1 is 1.22 bits per heavy atom. The van der Waals surface area contributed by atoms with Gasteiger partial charge in [0, 0.05) is 11.7 Å². The van der Waals surface area contributed by atoms with Gasteiger partial charge in [-0.05, 0) is 31.0 Å². The summed E-state index contributed by atoms with van der Waals surface area (Å²) in [6, 6.07) is 5.29. The first-order valence-electron chi connectivity index (χ1n) is 6.52. The fourth-order valence-electron chi connectivity index (χ4n) is 2.40. The molecule has 1 aliphatic rings. The number of rotatable bonds is 2. The molecule has 4 heteroatoms. The van der Waals surface area contributed by atoms with Crippen LogP contribution < -0.4 is 11.1 Å². The van der Waals surface area contributed by atoms with E-state index < -0.39 is 0 Å². The van der Waals surface area contributed by atoms with Crippen molar-refractivity contribution in [3.05, 3.63) is 28.8 Å². The molecule has 3 nitrogen and oxygen atoms in total. The van der Waals surface area contributed by atoms with E-state index in [4.69, 9.17) is 17.3 Å². The Kier molecular flexibility index (Phi) is 4.48. The summed E-state index contributed by atoms with van der Waals surface area (Å²) in [5.41, 5.74) is 6.70. The van der Waals surface area contributed by atoms with Crippen molar-refractivity contribution < 1.29 is 4.79 Å². The van der Waals surface area contributed by atoms with Gasteiger partial charge in [-0.2, -0.15) is 0 Å². The molecule has 0 bridgehead atoms. The van der Waals surface area contributed by atoms with E-state index in [2.05, 4.69) is 5.32 Å². The SMILES string of the molecule is Nc1ccc(C(=O)NC2CCCCCC2)c(Cl)c1. The number of nitrogens with two attached hydrogens (primary N) is 1. The number of carbonyl (C=O) groups excluding carboxylic acids is 1. The van der Waals surface area contributed by atoms with Crippen LogP contribution in [-0.2, 0) is 0 Å².